The number of rotatable bonds is 8. The van der Waals surface area contributed by atoms with E-state index in [0.717, 1.165) is 18.5 Å². The fourth-order valence-corrected chi connectivity index (χ4v) is 4.81. The van der Waals surface area contributed by atoms with Gasteiger partial charge in [0.25, 0.3) is 5.56 Å². The number of carbonyl (C=O) groups excluding carboxylic acids is 1. The number of anilines is 1. The highest BCUT2D eigenvalue weighted by Gasteiger charge is 2.32. The van der Waals surface area contributed by atoms with Gasteiger partial charge in [0.15, 0.2) is 5.82 Å². The van der Waals surface area contributed by atoms with Crippen LogP contribution in [0.2, 0.25) is 0 Å². The van der Waals surface area contributed by atoms with E-state index in [1.807, 2.05) is 30.3 Å². The maximum atomic E-state index is 13.0. The van der Waals surface area contributed by atoms with Gasteiger partial charge in [0.1, 0.15) is 13.2 Å². The van der Waals surface area contributed by atoms with Crippen molar-refractivity contribution in [3.8, 4) is 0 Å². The molecule has 4 rings (SSSR count). The smallest absolute Gasteiger partial charge is 0.326 e. The molecule has 31 heavy (non-hydrogen) atoms. The normalized spacial score (nSPS) is 19.6. The zero-order valence-electron chi connectivity index (χ0n) is 18.3. The first-order chi connectivity index (χ1) is 15.1. The Morgan fingerprint density at radius 3 is 2.71 bits per heavy atom. The van der Waals surface area contributed by atoms with E-state index in [2.05, 4.69) is 15.2 Å². The van der Waals surface area contributed by atoms with Crippen molar-refractivity contribution in [1.82, 2.24) is 14.5 Å². The quantitative estimate of drug-likeness (QED) is 0.656. The third-order valence-electron chi connectivity index (χ3n) is 6.51. The fraction of sp³-hybridized carbons (Fsp3) is 0.542. The largest absolute Gasteiger partial charge is 0.459 e. The molecule has 2 heterocycles. The average Bonchev–Trinajstić information content (AvgIpc) is 3.47. The molecule has 0 radical (unpaired) electrons. The Kier molecular flexibility index (Phi) is 7.02. The predicted molar refractivity (Wildman–Crippen MR) is 120 cm³/mol. The second-order valence-corrected chi connectivity index (χ2v) is 8.64. The van der Waals surface area contributed by atoms with Crippen molar-refractivity contribution in [1.29, 1.82) is 0 Å². The molecule has 7 heteroatoms. The monoisotopic (exact) mass is 424 g/mol. The Hall–Kier alpha value is -2.67. The molecular formula is C24H32N4O3. The summed E-state index contributed by atoms with van der Waals surface area (Å²) >= 11 is 0. The number of hydrogen-bond donors (Lipinski definition) is 1. The van der Waals surface area contributed by atoms with Crippen LogP contribution in [0.3, 0.4) is 0 Å². The highest BCUT2D eigenvalue weighted by molar-refractivity contribution is 5.69. The number of esters is 1. The zero-order valence-corrected chi connectivity index (χ0v) is 18.3. The summed E-state index contributed by atoms with van der Waals surface area (Å²) in [6.07, 6.45) is 9.22. The van der Waals surface area contributed by atoms with E-state index < -0.39 is 5.97 Å². The molecule has 2 fully saturated rings. The Labute approximate surface area is 183 Å². The summed E-state index contributed by atoms with van der Waals surface area (Å²) in [5, 5.41) is 3.27. The molecule has 1 saturated carbocycles. The van der Waals surface area contributed by atoms with Gasteiger partial charge in [0.05, 0.1) is 0 Å². The van der Waals surface area contributed by atoms with Gasteiger partial charge in [-0.05, 0) is 44.7 Å². The molecule has 1 aliphatic heterocycles. The minimum atomic E-state index is -0.436. The number of aromatic nitrogens is 2. The number of ether oxygens (including phenoxy) is 1. The maximum Gasteiger partial charge on any atom is 0.326 e. The first-order valence-electron chi connectivity index (χ1n) is 11.4. The van der Waals surface area contributed by atoms with Gasteiger partial charge >= 0.3 is 5.97 Å². The number of carbonyl (C=O) groups is 1. The van der Waals surface area contributed by atoms with Crippen molar-refractivity contribution in [2.45, 2.75) is 70.7 Å². The van der Waals surface area contributed by atoms with Crippen LogP contribution in [0.4, 0.5) is 5.82 Å². The molecule has 1 aromatic heterocycles. The highest BCUT2D eigenvalue weighted by atomic mass is 16.5. The second-order valence-electron chi connectivity index (χ2n) is 8.64. The van der Waals surface area contributed by atoms with Crippen LogP contribution in [0.25, 0.3) is 0 Å². The summed E-state index contributed by atoms with van der Waals surface area (Å²) in [5.41, 5.74) is 1.28. The summed E-state index contributed by atoms with van der Waals surface area (Å²) in [5.74, 6) is -0.130. The number of benzene rings is 1. The van der Waals surface area contributed by atoms with Crippen molar-refractivity contribution in [3.05, 3.63) is 58.1 Å². The zero-order chi connectivity index (χ0) is 21.6. The number of likely N-dealkylation sites (tertiary alicyclic amines) is 1. The van der Waals surface area contributed by atoms with Crippen LogP contribution in [0.1, 0.15) is 49.8 Å². The topological polar surface area (TPSA) is 76.5 Å². The van der Waals surface area contributed by atoms with Crippen LogP contribution in [0, 0.1) is 6.92 Å². The molecule has 0 bridgehead atoms. The molecule has 0 unspecified atom stereocenters. The molecule has 0 spiro atoms. The SMILES string of the molecule is Cc1cnc(NC[C@H]2CCCN2C2CCCC2)c(=O)n1CC(=O)OCc1ccccc1. The van der Waals surface area contributed by atoms with Gasteiger partial charge in [0.2, 0.25) is 0 Å². The lowest BCUT2D eigenvalue weighted by Crippen LogP contribution is -2.42. The van der Waals surface area contributed by atoms with Gasteiger partial charge in [-0.25, -0.2) is 4.98 Å². The predicted octanol–water partition coefficient (Wildman–Crippen LogP) is 3.11. The van der Waals surface area contributed by atoms with Crippen LogP contribution in [0.15, 0.2) is 41.3 Å². The van der Waals surface area contributed by atoms with Gasteiger partial charge in [-0.2, -0.15) is 0 Å². The molecule has 2 aliphatic rings. The van der Waals surface area contributed by atoms with E-state index in [1.54, 1.807) is 13.1 Å². The van der Waals surface area contributed by atoms with Crippen LogP contribution in [-0.2, 0) is 22.7 Å². The number of nitrogens with zero attached hydrogens (tertiary/aromatic N) is 3. The lowest BCUT2D eigenvalue weighted by atomic mass is 10.1. The van der Waals surface area contributed by atoms with Crippen molar-refractivity contribution in [2.24, 2.45) is 0 Å². The van der Waals surface area contributed by atoms with E-state index in [1.165, 1.54) is 36.7 Å². The van der Waals surface area contributed by atoms with Crippen molar-refractivity contribution < 1.29 is 9.53 Å². The summed E-state index contributed by atoms with van der Waals surface area (Å²) in [7, 11) is 0. The Bertz CT molecular complexity index is 938. The molecular weight excluding hydrogens is 392 g/mol. The van der Waals surface area contributed by atoms with Crippen LogP contribution >= 0.6 is 0 Å². The van der Waals surface area contributed by atoms with Crippen LogP contribution in [0.5, 0.6) is 0 Å². The molecule has 0 amide bonds. The maximum absolute atomic E-state index is 13.0. The molecule has 7 nitrogen and oxygen atoms in total. The first kappa shape index (κ1) is 21.6. The molecule has 2 aromatic rings. The number of hydrogen-bond acceptors (Lipinski definition) is 6. The standard InChI is InChI=1S/C24H32N4O3/c1-18-14-25-23(26-15-21-12-7-13-27(21)20-10-5-6-11-20)24(30)28(18)16-22(29)31-17-19-8-3-2-4-9-19/h2-4,8-9,14,20-21H,5-7,10-13,15-17H2,1H3,(H,25,26)/t21-/m1/s1. The Morgan fingerprint density at radius 1 is 1.16 bits per heavy atom. The number of aryl methyl sites for hydroxylation is 1. The van der Waals surface area contributed by atoms with Crippen molar-refractivity contribution in [2.75, 3.05) is 18.4 Å². The summed E-state index contributed by atoms with van der Waals surface area (Å²) in [6.45, 7) is 3.71. The molecule has 1 aromatic carbocycles. The average molecular weight is 425 g/mol. The van der Waals surface area contributed by atoms with E-state index in [0.29, 0.717) is 30.1 Å². The van der Waals surface area contributed by atoms with Crippen LogP contribution in [-0.4, -0.2) is 45.6 Å². The van der Waals surface area contributed by atoms with Gasteiger partial charge in [0, 0.05) is 30.5 Å². The van der Waals surface area contributed by atoms with Gasteiger partial charge in [-0.15, -0.1) is 0 Å². The van der Waals surface area contributed by atoms with E-state index in [-0.39, 0.29) is 18.7 Å². The first-order valence-corrected chi connectivity index (χ1v) is 11.4. The minimum absolute atomic E-state index is 0.119. The molecule has 166 valence electrons. The summed E-state index contributed by atoms with van der Waals surface area (Å²) < 4.78 is 6.78. The lowest BCUT2D eigenvalue weighted by molar-refractivity contribution is -0.145. The van der Waals surface area contributed by atoms with Gasteiger partial charge < -0.3 is 10.1 Å². The molecule has 1 atom stereocenters. The third kappa shape index (κ3) is 5.34. The fourth-order valence-electron chi connectivity index (χ4n) is 4.81. The van der Waals surface area contributed by atoms with Crippen LogP contribution < -0.4 is 10.9 Å². The summed E-state index contributed by atoms with van der Waals surface area (Å²) in [6, 6.07) is 10.6. The van der Waals surface area contributed by atoms with Crippen molar-refractivity contribution >= 4 is 11.8 Å². The van der Waals surface area contributed by atoms with E-state index in [9.17, 15) is 9.59 Å². The second kappa shape index (κ2) is 10.1. The third-order valence-corrected chi connectivity index (χ3v) is 6.51. The lowest BCUT2D eigenvalue weighted by Gasteiger charge is -2.30. The Balaban J connectivity index is 1.36. The summed E-state index contributed by atoms with van der Waals surface area (Å²) in [4.78, 5) is 32.2. The molecule has 1 saturated heterocycles. The Morgan fingerprint density at radius 2 is 1.94 bits per heavy atom. The highest BCUT2D eigenvalue weighted by Crippen LogP contribution is 2.30. The van der Waals surface area contributed by atoms with Gasteiger partial charge in [-0.3, -0.25) is 19.1 Å². The molecule has 1 aliphatic carbocycles. The van der Waals surface area contributed by atoms with Crippen molar-refractivity contribution in [3.63, 3.8) is 0 Å². The van der Waals surface area contributed by atoms with Gasteiger partial charge in [-0.1, -0.05) is 43.2 Å². The van der Waals surface area contributed by atoms with E-state index in [4.69, 9.17) is 4.74 Å². The van der Waals surface area contributed by atoms with E-state index >= 15 is 0 Å². The minimum Gasteiger partial charge on any atom is -0.459 e. The number of nitrogens with one attached hydrogen (secondary N) is 1. The molecule has 1 N–H and O–H groups in total.